The minimum Gasteiger partial charge on any atom is -0.479 e. The Bertz CT molecular complexity index is 586. The summed E-state index contributed by atoms with van der Waals surface area (Å²) in [6.07, 6.45) is -0.283. The molecule has 0 radical (unpaired) electrons. The monoisotopic (exact) mass is 411 g/mol. The molecule has 0 aliphatic carbocycles. The summed E-state index contributed by atoms with van der Waals surface area (Å²) in [6.45, 7) is 0.0814. The van der Waals surface area contributed by atoms with E-state index in [1.54, 1.807) is 12.1 Å². The highest BCUT2D eigenvalue weighted by atomic mass is 127. The van der Waals surface area contributed by atoms with Crippen molar-refractivity contribution >= 4 is 38.6 Å². The largest absolute Gasteiger partial charge is 0.479 e. The van der Waals surface area contributed by atoms with Gasteiger partial charge >= 0.3 is 5.97 Å². The maximum atomic E-state index is 12.0. The predicted molar refractivity (Wildman–Crippen MR) is 79.9 cm³/mol. The van der Waals surface area contributed by atoms with Crippen molar-refractivity contribution in [3.63, 3.8) is 0 Å². The number of benzene rings is 1. The van der Waals surface area contributed by atoms with Crippen LogP contribution in [-0.2, 0) is 19.6 Å². The van der Waals surface area contributed by atoms with Gasteiger partial charge in [0, 0.05) is 10.1 Å². The number of sulfonamides is 1. The Morgan fingerprint density at radius 2 is 2.00 bits per heavy atom. The summed E-state index contributed by atoms with van der Waals surface area (Å²) in [5.41, 5.74) is 0. The lowest BCUT2D eigenvalue weighted by Crippen LogP contribution is -2.33. The maximum Gasteiger partial charge on any atom is 0.332 e. The van der Waals surface area contributed by atoms with Crippen LogP contribution in [0.2, 0.25) is 0 Å². The molecule has 2 unspecified atom stereocenters. The topological polar surface area (TPSA) is 92.7 Å². The Labute approximate surface area is 130 Å². The van der Waals surface area contributed by atoms with Gasteiger partial charge in [0.15, 0.2) is 6.10 Å². The quantitative estimate of drug-likeness (QED) is 0.711. The number of ether oxygens (including phenoxy) is 1. The molecule has 1 aliphatic rings. The molecule has 1 fully saturated rings. The minimum absolute atomic E-state index is 0.0814. The summed E-state index contributed by atoms with van der Waals surface area (Å²) >= 11 is 2.09. The number of rotatable bonds is 5. The van der Waals surface area contributed by atoms with E-state index in [4.69, 9.17) is 9.84 Å². The third-order valence-electron chi connectivity index (χ3n) is 3.01. The second kappa shape index (κ2) is 6.37. The van der Waals surface area contributed by atoms with Gasteiger partial charge in [0.25, 0.3) is 0 Å². The lowest BCUT2D eigenvalue weighted by Gasteiger charge is -2.12. The molecule has 0 aromatic heterocycles. The summed E-state index contributed by atoms with van der Waals surface area (Å²) in [5, 5.41) is 8.80. The normalized spacial score (nSPS) is 22.9. The zero-order valence-corrected chi connectivity index (χ0v) is 13.4. The van der Waals surface area contributed by atoms with E-state index < -0.39 is 28.2 Å². The Kier molecular flexibility index (Phi) is 4.99. The molecule has 1 aliphatic heterocycles. The standard InChI is InChI=1S/C12H14INO5S/c13-8-1-4-10(5-2-8)20(17,18)14-7-9-3-6-11(19-9)12(15)16/h1-2,4-5,9,11,14H,3,6-7H2,(H,15,16). The summed E-state index contributed by atoms with van der Waals surface area (Å²) < 4.78 is 32.7. The fourth-order valence-corrected chi connectivity index (χ4v) is 3.36. The maximum absolute atomic E-state index is 12.0. The second-order valence-electron chi connectivity index (χ2n) is 4.47. The average molecular weight is 411 g/mol. The summed E-state index contributed by atoms with van der Waals surface area (Å²) in [5.74, 6) is -1.01. The zero-order chi connectivity index (χ0) is 14.8. The van der Waals surface area contributed by atoms with Gasteiger partial charge in [-0.05, 0) is 59.7 Å². The molecule has 8 heteroatoms. The van der Waals surface area contributed by atoms with E-state index in [1.807, 2.05) is 0 Å². The van der Waals surface area contributed by atoms with Crippen LogP contribution >= 0.6 is 22.6 Å². The number of carbonyl (C=O) groups is 1. The van der Waals surface area contributed by atoms with Gasteiger partial charge in [0.1, 0.15) is 0 Å². The van der Waals surface area contributed by atoms with Gasteiger partial charge < -0.3 is 9.84 Å². The highest BCUT2D eigenvalue weighted by Crippen LogP contribution is 2.20. The van der Waals surface area contributed by atoms with Gasteiger partial charge in [-0.25, -0.2) is 17.9 Å². The summed E-state index contributed by atoms with van der Waals surface area (Å²) in [4.78, 5) is 10.9. The van der Waals surface area contributed by atoms with Crippen molar-refractivity contribution in [1.82, 2.24) is 4.72 Å². The van der Waals surface area contributed by atoms with E-state index in [2.05, 4.69) is 27.3 Å². The lowest BCUT2D eigenvalue weighted by molar-refractivity contribution is -0.149. The van der Waals surface area contributed by atoms with Crippen LogP contribution in [0, 0.1) is 3.57 Å². The average Bonchev–Trinajstić information content (AvgIpc) is 2.86. The van der Waals surface area contributed by atoms with Crippen molar-refractivity contribution in [1.29, 1.82) is 0 Å². The third-order valence-corrected chi connectivity index (χ3v) is 5.17. The summed E-state index contributed by atoms with van der Waals surface area (Å²) in [7, 11) is -3.58. The molecule has 0 bridgehead atoms. The third kappa shape index (κ3) is 3.90. The molecule has 1 heterocycles. The first-order valence-corrected chi connectivity index (χ1v) is 8.58. The number of halogens is 1. The lowest BCUT2D eigenvalue weighted by atomic mass is 10.2. The molecule has 2 rings (SSSR count). The number of carboxylic acid groups (broad SMARTS) is 1. The van der Waals surface area contributed by atoms with Crippen LogP contribution in [-0.4, -0.2) is 38.2 Å². The van der Waals surface area contributed by atoms with Gasteiger partial charge in [0.05, 0.1) is 11.0 Å². The Balaban J connectivity index is 1.93. The molecule has 2 N–H and O–H groups in total. The number of carboxylic acids is 1. The summed E-state index contributed by atoms with van der Waals surface area (Å²) in [6, 6.07) is 6.47. The Morgan fingerprint density at radius 1 is 1.35 bits per heavy atom. The molecule has 6 nitrogen and oxygen atoms in total. The molecule has 0 saturated carbocycles. The van der Waals surface area contributed by atoms with Crippen LogP contribution < -0.4 is 4.72 Å². The highest BCUT2D eigenvalue weighted by Gasteiger charge is 2.31. The van der Waals surface area contributed by atoms with E-state index in [9.17, 15) is 13.2 Å². The van der Waals surface area contributed by atoms with E-state index in [-0.39, 0.29) is 11.4 Å². The molecule has 1 aromatic rings. The molecule has 1 saturated heterocycles. The van der Waals surface area contributed by atoms with Crippen molar-refractivity contribution in [2.45, 2.75) is 29.9 Å². The van der Waals surface area contributed by atoms with Crippen molar-refractivity contribution in [2.75, 3.05) is 6.54 Å². The Morgan fingerprint density at radius 3 is 2.55 bits per heavy atom. The minimum atomic E-state index is -3.58. The fourth-order valence-electron chi connectivity index (χ4n) is 1.94. The number of hydrogen-bond acceptors (Lipinski definition) is 4. The molecule has 110 valence electrons. The van der Waals surface area contributed by atoms with Crippen LogP contribution in [0.15, 0.2) is 29.2 Å². The second-order valence-corrected chi connectivity index (χ2v) is 7.48. The van der Waals surface area contributed by atoms with Crippen molar-refractivity contribution in [2.24, 2.45) is 0 Å². The van der Waals surface area contributed by atoms with E-state index in [0.29, 0.717) is 12.8 Å². The molecule has 2 atom stereocenters. The molecule has 0 amide bonds. The highest BCUT2D eigenvalue weighted by molar-refractivity contribution is 14.1. The predicted octanol–water partition coefficient (Wildman–Crippen LogP) is 1.20. The first-order chi connectivity index (χ1) is 9.38. The van der Waals surface area contributed by atoms with Crippen LogP contribution in [0.5, 0.6) is 0 Å². The smallest absolute Gasteiger partial charge is 0.332 e. The molecular weight excluding hydrogens is 397 g/mol. The van der Waals surface area contributed by atoms with Crippen LogP contribution in [0.1, 0.15) is 12.8 Å². The van der Waals surface area contributed by atoms with Gasteiger partial charge in [-0.15, -0.1) is 0 Å². The van der Waals surface area contributed by atoms with E-state index in [1.165, 1.54) is 12.1 Å². The van der Waals surface area contributed by atoms with Gasteiger partial charge in [-0.3, -0.25) is 0 Å². The van der Waals surface area contributed by atoms with Crippen LogP contribution in [0.25, 0.3) is 0 Å². The number of aliphatic carboxylic acids is 1. The van der Waals surface area contributed by atoms with Gasteiger partial charge in [-0.1, -0.05) is 0 Å². The van der Waals surface area contributed by atoms with E-state index in [0.717, 1.165) is 3.57 Å². The number of nitrogens with one attached hydrogen (secondary N) is 1. The molecule has 1 aromatic carbocycles. The van der Waals surface area contributed by atoms with Gasteiger partial charge in [0.2, 0.25) is 10.0 Å². The van der Waals surface area contributed by atoms with Crippen molar-refractivity contribution < 1.29 is 23.1 Å². The first kappa shape index (κ1) is 15.7. The van der Waals surface area contributed by atoms with Crippen molar-refractivity contribution in [3.8, 4) is 0 Å². The van der Waals surface area contributed by atoms with Gasteiger partial charge in [-0.2, -0.15) is 0 Å². The van der Waals surface area contributed by atoms with Crippen LogP contribution in [0.3, 0.4) is 0 Å². The first-order valence-electron chi connectivity index (χ1n) is 6.02. The van der Waals surface area contributed by atoms with Crippen molar-refractivity contribution in [3.05, 3.63) is 27.8 Å². The fraction of sp³-hybridized carbons (Fsp3) is 0.417. The van der Waals surface area contributed by atoms with Crippen LogP contribution in [0.4, 0.5) is 0 Å². The molecule has 0 spiro atoms. The zero-order valence-electron chi connectivity index (χ0n) is 10.5. The molecular formula is C12H14INO5S. The number of hydrogen-bond donors (Lipinski definition) is 2. The molecule has 20 heavy (non-hydrogen) atoms. The Hall–Kier alpha value is -0.710. The SMILES string of the molecule is O=C(O)C1CCC(CNS(=O)(=O)c2ccc(I)cc2)O1. The van der Waals surface area contributed by atoms with E-state index >= 15 is 0 Å².